The molecule has 138 valence electrons. The summed E-state index contributed by atoms with van der Waals surface area (Å²) in [6.45, 7) is 8.42. The Balaban J connectivity index is 1.99. The van der Waals surface area contributed by atoms with Gasteiger partial charge in [-0.15, -0.1) is 0 Å². The third kappa shape index (κ3) is 3.48. The minimum absolute atomic E-state index is 0.534. The molecule has 0 bridgehead atoms. The van der Waals surface area contributed by atoms with Crippen LogP contribution in [0.2, 0.25) is 0 Å². The Morgan fingerprint density at radius 3 is 2.50 bits per heavy atom. The molecule has 0 saturated carbocycles. The fraction of sp³-hybridized carbons (Fsp3) is 0.148. The second-order valence-electron chi connectivity index (χ2n) is 7.42. The third-order valence-corrected chi connectivity index (χ3v) is 5.36. The first-order chi connectivity index (χ1) is 13.7. The Morgan fingerprint density at radius 2 is 1.75 bits per heavy atom. The molecule has 0 spiro atoms. The highest BCUT2D eigenvalue weighted by atomic mass is 14.7. The lowest BCUT2D eigenvalue weighted by atomic mass is 9.91. The van der Waals surface area contributed by atoms with Gasteiger partial charge in [-0.3, -0.25) is 0 Å². The van der Waals surface area contributed by atoms with Crippen LogP contribution < -0.4 is 0 Å². The lowest BCUT2D eigenvalue weighted by molar-refractivity contribution is 0.739. The zero-order valence-electron chi connectivity index (χ0n) is 16.5. The molecule has 1 atom stereocenters. The summed E-state index contributed by atoms with van der Waals surface area (Å²) < 4.78 is 0. The van der Waals surface area contributed by atoms with E-state index in [-0.39, 0.29) is 0 Å². The van der Waals surface area contributed by atoms with Gasteiger partial charge in [0.1, 0.15) is 0 Å². The van der Waals surface area contributed by atoms with Crippen molar-refractivity contribution in [1.29, 1.82) is 0 Å². The topological polar surface area (TPSA) is 12.9 Å². The monoisotopic (exact) mass is 363 g/mol. The van der Waals surface area contributed by atoms with Gasteiger partial charge in [-0.05, 0) is 53.2 Å². The number of nitrogens with zero attached hydrogens (tertiary/aromatic N) is 1. The zero-order chi connectivity index (χ0) is 19.5. The maximum Gasteiger partial charge on any atom is 0.0750 e. The molecular weight excluding hydrogens is 338 g/mol. The second-order valence-corrected chi connectivity index (χ2v) is 7.42. The maximum atomic E-state index is 5.13. The van der Waals surface area contributed by atoms with Gasteiger partial charge in [-0.2, -0.15) is 0 Å². The first-order valence-corrected chi connectivity index (χ1v) is 9.85. The average Bonchev–Trinajstić information content (AvgIpc) is 2.74. The molecule has 2 aromatic carbocycles. The highest BCUT2D eigenvalue weighted by molar-refractivity contribution is 5.84. The van der Waals surface area contributed by atoms with Gasteiger partial charge in [0.2, 0.25) is 0 Å². The van der Waals surface area contributed by atoms with Crippen LogP contribution in [0.1, 0.15) is 30.2 Å². The van der Waals surface area contributed by atoms with E-state index in [2.05, 4.69) is 93.3 Å². The lowest BCUT2D eigenvalue weighted by Gasteiger charge is -2.18. The van der Waals surface area contributed by atoms with Crippen LogP contribution in [-0.4, -0.2) is 4.98 Å². The first kappa shape index (κ1) is 18.2. The molecular formula is C27H25N. The highest BCUT2D eigenvalue weighted by Gasteiger charge is 2.16. The lowest BCUT2D eigenvalue weighted by Crippen LogP contribution is -2.01. The minimum atomic E-state index is 0.534. The van der Waals surface area contributed by atoms with E-state index in [1.165, 1.54) is 22.3 Å². The van der Waals surface area contributed by atoms with Crippen LogP contribution in [0.15, 0.2) is 85.5 Å². The van der Waals surface area contributed by atoms with Crippen molar-refractivity contribution in [3.05, 3.63) is 102 Å². The van der Waals surface area contributed by atoms with E-state index in [0.29, 0.717) is 5.92 Å². The molecule has 0 N–H and O–H groups in total. The van der Waals surface area contributed by atoms with E-state index in [1.807, 2.05) is 12.1 Å². The molecule has 1 aromatic heterocycles. The van der Waals surface area contributed by atoms with Crippen LogP contribution in [0.25, 0.3) is 34.0 Å². The molecule has 0 unspecified atom stereocenters. The van der Waals surface area contributed by atoms with E-state index < -0.39 is 0 Å². The Bertz CT molecular complexity index is 1070. The maximum absolute atomic E-state index is 5.13. The van der Waals surface area contributed by atoms with E-state index in [4.69, 9.17) is 4.98 Å². The summed E-state index contributed by atoms with van der Waals surface area (Å²) in [6.07, 6.45) is 9.78. The number of hydrogen-bond acceptors (Lipinski definition) is 1. The molecule has 0 amide bonds. The van der Waals surface area contributed by atoms with Crippen LogP contribution in [-0.2, 0) is 0 Å². The molecule has 1 heterocycles. The fourth-order valence-electron chi connectivity index (χ4n) is 3.84. The van der Waals surface area contributed by atoms with Gasteiger partial charge in [-0.1, -0.05) is 92.4 Å². The van der Waals surface area contributed by atoms with Gasteiger partial charge in [0.25, 0.3) is 0 Å². The average molecular weight is 364 g/mol. The smallest absolute Gasteiger partial charge is 0.0750 e. The van der Waals surface area contributed by atoms with Crippen molar-refractivity contribution in [3.8, 4) is 22.4 Å². The van der Waals surface area contributed by atoms with Gasteiger partial charge < -0.3 is 0 Å². The van der Waals surface area contributed by atoms with Gasteiger partial charge in [-0.25, -0.2) is 4.98 Å². The second kappa shape index (κ2) is 7.82. The summed E-state index contributed by atoms with van der Waals surface area (Å²) in [5.41, 5.74) is 9.13. The van der Waals surface area contributed by atoms with Crippen molar-refractivity contribution in [1.82, 2.24) is 4.98 Å². The van der Waals surface area contributed by atoms with Gasteiger partial charge in [0, 0.05) is 5.56 Å². The van der Waals surface area contributed by atoms with Crippen molar-refractivity contribution in [2.45, 2.75) is 20.3 Å². The van der Waals surface area contributed by atoms with E-state index in [9.17, 15) is 0 Å². The molecule has 4 rings (SSSR count). The van der Waals surface area contributed by atoms with Crippen LogP contribution in [0.5, 0.6) is 0 Å². The number of pyridine rings is 1. The van der Waals surface area contributed by atoms with Crippen molar-refractivity contribution in [2.24, 2.45) is 5.92 Å². The third-order valence-electron chi connectivity index (χ3n) is 5.36. The van der Waals surface area contributed by atoms with Crippen molar-refractivity contribution in [2.75, 3.05) is 0 Å². The van der Waals surface area contributed by atoms with E-state index in [0.717, 1.165) is 28.9 Å². The molecule has 0 radical (unpaired) electrons. The van der Waals surface area contributed by atoms with Gasteiger partial charge in [0.05, 0.1) is 11.4 Å². The summed E-state index contributed by atoms with van der Waals surface area (Å²) in [7, 11) is 0. The summed E-state index contributed by atoms with van der Waals surface area (Å²) in [5.74, 6) is 0.534. The molecule has 1 aliphatic rings. The highest BCUT2D eigenvalue weighted by Crippen LogP contribution is 2.35. The van der Waals surface area contributed by atoms with Crippen LogP contribution >= 0.6 is 0 Å². The molecule has 0 fully saturated rings. The predicted octanol–water partition coefficient (Wildman–Crippen LogP) is 7.35. The SMILES string of the molecule is C=Cc1ccccc1-c1nc(C2=C[C@H](C)CC=C2)cc(-c2ccccc2)c1C. The van der Waals surface area contributed by atoms with Gasteiger partial charge in [0.15, 0.2) is 0 Å². The standard InChI is InChI=1S/C27H25N/c1-4-21-12-8-9-16-24(21)27-20(3)25(22-13-6-5-7-14-22)18-26(28-27)23-15-10-11-19(2)17-23/h4-10,12-19H,1,11H2,2-3H3/t19-/m1/s1. The normalized spacial score (nSPS) is 15.9. The summed E-state index contributed by atoms with van der Waals surface area (Å²) in [5, 5.41) is 0. The van der Waals surface area contributed by atoms with Crippen molar-refractivity contribution in [3.63, 3.8) is 0 Å². The molecule has 0 aliphatic heterocycles. The Kier molecular flexibility index (Phi) is 5.08. The molecule has 1 nitrogen and oxygen atoms in total. The number of rotatable bonds is 4. The molecule has 3 aromatic rings. The van der Waals surface area contributed by atoms with E-state index >= 15 is 0 Å². The number of hydrogen-bond donors (Lipinski definition) is 0. The van der Waals surface area contributed by atoms with E-state index in [1.54, 1.807) is 0 Å². The van der Waals surface area contributed by atoms with Crippen LogP contribution in [0.4, 0.5) is 0 Å². The zero-order valence-corrected chi connectivity index (χ0v) is 16.5. The number of benzene rings is 2. The van der Waals surface area contributed by atoms with Crippen molar-refractivity contribution < 1.29 is 0 Å². The van der Waals surface area contributed by atoms with Crippen molar-refractivity contribution >= 4 is 11.6 Å². The first-order valence-electron chi connectivity index (χ1n) is 9.85. The number of aromatic nitrogens is 1. The summed E-state index contributed by atoms with van der Waals surface area (Å²) in [6, 6.07) is 21.2. The summed E-state index contributed by atoms with van der Waals surface area (Å²) in [4.78, 5) is 5.13. The Morgan fingerprint density at radius 1 is 1.00 bits per heavy atom. The molecule has 1 heteroatoms. The Hall–Kier alpha value is -3.19. The minimum Gasteiger partial charge on any atom is -0.247 e. The fourth-order valence-corrected chi connectivity index (χ4v) is 3.84. The summed E-state index contributed by atoms with van der Waals surface area (Å²) >= 11 is 0. The molecule has 0 saturated heterocycles. The van der Waals surface area contributed by atoms with Crippen LogP contribution in [0.3, 0.4) is 0 Å². The number of allylic oxidation sites excluding steroid dienone is 4. The van der Waals surface area contributed by atoms with Crippen LogP contribution in [0, 0.1) is 12.8 Å². The Labute approximate surface area is 167 Å². The van der Waals surface area contributed by atoms with Gasteiger partial charge >= 0.3 is 0 Å². The molecule has 1 aliphatic carbocycles. The molecule has 28 heavy (non-hydrogen) atoms. The largest absolute Gasteiger partial charge is 0.247 e. The predicted molar refractivity (Wildman–Crippen MR) is 121 cm³/mol. The quantitative estimate of drug-likeness (QED) is 0.472.